The zero-order valence-electron chi connectivity index (χ0n) is 36.6. The number of rotatable bonds is 15. The van der Waals surface area contributed by atoms with Crippen molar-refractivity contribution in [1.82, 2.24) is 26.1 Å². The second kappa shape index (κ2) is 19.6. The normalized spacial score (nSPS) is 18.2. The molecule has 17 heteroatoms. The Morgan fingerprint density at radius 3 is 2.19 bits per heavy atom. The lowest BCUT2D eigenvalue weighted by Gasteiger charge is -2.49. The highest BCUT2D eigenvalue weighted by Gasteiger charge is 2.52. The maximum Gasteiger partial charge on any atom is 0.325 e. The van der Waals surface area contributed by atoms with E-state index in [4.69, 9.17) is 53.7 Å². The molecule has 5 unspecified atom stereocenters. The van der Waals surface area contributed by atoms with E-state index in [0.29, 0.717) is 24.1 Å². The highest BCUT2D eigenvalue weighted by Crippen LogP contribution is 2.45. The van der Waals surface area contributed by atoms with E-state index in [1.165, 1.54) is 18.9 Å². The number of carbonyl (C=O) groups is 5. The van der Waals surface area contributed by atoms with Crippen molar-refractivity contribution in [1.29, 1.82) is 0 Å². The summed E-state index contributed by atoms with van der Waals surface area (Å²) < 4.78 is 15.7. The number of nitrogens with one attached hydrogen (secondary N) is 3. The number of hydrogen-bond donors (Lipinski definition) is 3. The Morgan fingerprint density at radius 1 is 0.983 bits per heavy atom. The number of fused-ring (bicyclic) bond motifs is 1. The third-order valence-electron chi connectivity index (χ3n) is 11.2. The van der Waals surface area contributed by atoms with Crippen molar-refractivity contribution < 1.29 is 37.9 Å². The van der Waals surface area contributed by atoms with Crippen LogP contribution >= 0.6 is 34.8 Å². The molecule has 3 N–H and O–H groups in total. The first kappa shape index (κ1) is 50.1. The molecule has 1 aromatic heterocycles. The van der Waals surface area contributed by atoms with Gasteiger partial charge in [0.25, 0.3) is 5.91 Å². The van der Waals surface area contributed by atoms with Crippen LogP contribution in [0.1, 0.15) is 106 Å². The van der Waals surface area contributed by atoms with Gasteiger partial charge >= 0.3 is 11.9 Å². The fourth-order valence-electron chi connectivity index (χ4n) is 6.29. The van der Waals surface area contributed by atoms with Crippen LogP contribution in [0.15, 0.2) is 36.4 Å². The predicted octanol–water partition coefficient (Wildman–Crippen LogP) is 7.73. The van der Waals surface area contributed by atoms with Crippen molar-refractivity contribution >= 4 is 89.8 Å². The topological polar surface area (TPSA) is 165 Å². The standard InChI is InChI=1S/C42H62Cl3N5O8Si/c1-25(2)34(35(52)46-26(3)36(53)50-22-14-15-32(49-50)37(54)56-24-42(43,44)45)48-38(55)41(11,40(9,10)58-59(12,13)39(6,7)8)21-20-29-16-17-30-18-19-31(47-33(30)23-29)27(4)57-28(5)51/h16-21,23,25-27,32,34,49H,14-15,22,24H2,1-13H3,(H,46,52)(H,48,55). The van der Waals surface area contributed by atoms with Crippen molar-refractivity contribution in [3.05, 3.63) is 47.7 Å². The molecule has 59 heavy (non-hydrogen) atoms. The van der Waals surface area contributed by atoms with E-state index in [1.807, 2.05) is 50.3 Å². The van der Waals surface area contributed by atoms with Gasteiger partial charge in [-0.25, -0.2) is 10.4 Å². The average molecular weight is 899 g/mol. The smallest absolute Gasteiger partial charge is 0.325 e. The van der Waals surface area contributed by atoms with Crippen molar-refractivity contribution in [3.63, 3.8) is 0 Å². The molecule has 328 valence electrons. The molecule has 1 fully saturated rings. The zero-order chi connectivity index (χ0) is 44.9. The number of hydrogen-bond acceptors (Lipinski definition) is 10. The summed E-state index contributed by atoms with van der Waals surface area (Å²) in [7, 11) is -2.46. The number of amides is 3. The fraction of sp³-hybridized carbons (Fsp3) is 0.619. The Morgan fingerprint density at radius 2 is 1.61 bits per heavy atom. The van der Waals surface area contributed by atoms with Crippen molar-refractivity contribution in [3.8, 4) is 0 Å². The second-order valence-electron chi connectivity index (χ2n) is 17.8. The molecule has 1 aliphatic heterocycles. The Hall–Kier alpha value is -3.27. The van der Waals surface area contributed by atoms with Crippen LogP contribution in [0.25, 0.3) is 17.0 Å². The molecule has 0 saturated carbocycles. The first-order chi connectivity index (χ1) is 27.0. The quantitative estimate of drug-likeness (QED) is 0.0916. The van der Waals surface area contributed by atoms with E-state index >= 15 is 0 Å². The number of hydrazine groups is 1. The molecule has 0 bridgehead atoms. The van der Waals surface area contributed by atoms with Gasteiger partial charge in [0.2, 0.25) is 15.6 Å². The van der Waals surface area contributed by atoms with E-state index in [2.05, 4.69) is 49.9 Å². The molecule has 5 atom stereocenters. The van der Waals surface area contributed by atoms with Gasteiger partial charge in [-0.05, 0) is 89.2 Å². The number of aromatic nitrogens is 1. The lowest BCUT2D eigenvalue weighted by atomic mass is 9.73. The van der Waals surface area contributed by atoms with Crippen molar-refractivity contribution in [2.45, 2.75) is 141 Å². The summed E-state index contributed by atoms with van der Waals surface area (Å²) in [4.78, 5) is 71.2. The van der Waals surface area contributed by atoms with Crippen LogP contribution in [0.3, 0.4) is 0 Å². The highest BCUT2D eigenvalue weighted by atomic mass is 35.6. The van der Waals surface area contributed by atoms with Gasteiger partial charge in [-0.1, -0.05) is 99.8 Å². The molecule has 3 rings (SSSR count). The molecule has 0 radical (unpaired) electrons. The van der Waals surface area contributed by atoms with Gasteiger partial charge in [0, 0.05) is 18.9 Å². The molecule has 2 aromatic rings. The molecule has 2 heterocycles. The number of alkyl halides is 3. The Bertz CT molecular complexity index is 1900. The molecular formula is C42H62Cl3N5O8Si. The van der Waals surface area contributed by atoms with Crippen LogP contribution < -0.4 is 16.1 Å². The summed E-state index contributed by atoms with van der Waals surface area (Å²) in [6, 6.07) is 6.57. The summed E-state index contributed by atoms with van der Waals surface area (Å²) in [5.41, 5.74) is 2.51. The minimum Gasteiger partial charge on any atom is -0.460 e. The summed E-state index contributed by atoms with van der Waals surface area (Å²) >= 11 is 17.1. The van der Waals surface area contributed by atoms with Gasteiger partial charge in [0.1, 0.15) is 30.8 Å². The summed E-state index contributed by atoms with van der Waals surface area (Å²) in [6.45, 7) is 24.3. The minimum atomic E-state index is -2.46. The lowest BCUT2D eigenvalue weighted by Crippen LogP contribution is -2.63. The SMILES string of the molecule is CC(=O)OC(C)c1ccc2ccc(C=CC(C)(C(=O)NC(C(=O)NC(C)C(=O)N3CCCC(C(=O)OCC(Cl)(Cl)Cl)N3)C(C)C)C(C)(C)O[Si](C)(C)C(C)(C)C)cc2n1. The van der Waals surface area contributed by atoms with Gasteiger partial charge in [-0.15, -0.1) is 0 Å². The number of esters is 2. The van der Waals surface area contributed by atoms with Crippen LogP contribution in [0, 0.1) is 11.3 Å². The third-order valence-corrected chi connectivity index (χ3v) is 16.2. The minimum absolute atomic E-state index is 0.173. The first-order valence-corrected chi connectivity index (χ1v) is 23.9. The first-order valence-electron chi connectivity index (χ1n) is 19.9. The highest BCUT2D eigenvalue weighted by molar-refractivity contribution is 6.74. The maximum absolute atomic E-state index is 14.8. The molecule has 0 spiro atoms. The van der Waals surface area contributed by atoms with Crippen LogP contribution in [0.2, 0.25) is 18.1 Å². The molecule has 13 nitrogen and oxygen atoms in total. The predicted molar refractivity (Wildman–Crippen MR) is 235 cm³/mol. The van der Waals surface area contributed by atoms with Gasteiger partial charge in [-0.2, -0.15) is 0 Å². The Kier molecular flexibility index (Phi) is 16.7. The average Bonchev–Trinajstić information content (AvgIpc) is 3.12. The van der Waals surface area contributed by atoms with Crippen molar-refractivity contribution in [2.24, 2.45) is 11.3 Å². The van der Waals surface area contributed by atoms with Gasteiger partial charge in [0.15, 0.2) is 8.32 Å². The second-order valence-corrected chi connectivity index (χ2v) is 25.1. The van der Waals surface area contributed by atoms with Crippen LogP contribution in [-0.4, -0.2) is 88.6 Å². The van der Waals surface area contributed by atoms with Gasteiger partial charge < -0.3 is 24.5 Å². The molecule has 3 amide bonds. The maximum atomic E-state index is 14.8. The Labute approximate surface area is 365 Å². The molecule has 1 saturated heterocycles. The number of pyridine rings is 1. The van der Waals surface area contributed by atoms with E-state index in [-0.39, 0.29) is 17.5 Å². The number of carbonyl (C=O) groups excluding carboxylic acids is 5. The van der Waals surface area contributed by atoms with E-state index in [9.17, 15) is 24.0 Å². The van der Waals surface area contributed by atoms with E-state index < -0.39 is 83.6 Å². The van der Waals surface area contributed by atoms with E-state index in [1.54, 1.807) is 33.8 Å². The van der Waals surface area contributed by atoms with Crippen LogP contribution in [0.4, 0.5) is 0 Å². The summed E-state index contributed by atoms with van der Waals surface area (Å²) in [5, 5.41) is 7.76. The fourth-order valence-corrected chi connectivity index (χ4v) is 8.25. The van der Waals surface area contributed by atoms with Crippen LogP contribution in [-0.2, 0) is 37.9 Å². The largest absolute Gasteiger partial charge is 0.460 e. The number of halogens is 3. The molecular weight excluding hydrogens is 837 g/mol. The number of ether oxygens (including phenoxy) is 2. The van der Waals surface area contributed by atoms with Crippen LogP contribution in [0.5, 0.6) is 0 Å². The molecule has 0 aliphatic carbocycles. The Balaban J connectivity index is 1.91. The monoisotopic (exact) mass is 897 g/mol. The van der Waals surface area contributed by atoms with Gasteiger partial charge in [0.05, 0.1) is 22.2 Å². The number of nitrogens with zero attached hydrogens (tertiary/aromatic N) is 2. The van der Waals surface area contributed by atoms with E-state index in [0.717, 1.165) is 10.9 Å². The lowest BCUT2D eigenvalue weighted by molar-refractivity contribution is -0.153. The molecule has 1 aliphatic rings. The van der Waals surface area contributed by atoms with Crippen molar-refractivity contribution in [2.75, 3.05) is 13.2 Å². The summed E-state index contributed by atoms with van der Waals surface area (Å²) in [6.07, 6.45) is 4.00. The zero-order valence-corrected chi connectivity index (χ0v) is 39.8. The number of benzene rings is 1. The summed E-state index contributed by atoms with van der Waals surface area (Å²) in [5.74, 6) is -2.95. The molecule has 1 aromatic carbocycles. The third kappa shape index (κ3) is 13.4. The van der Waals surface area contributed by atoms with Gasteiger partial charge in [-0.3, -0.25) is 29.0 Å².